The summed E-state index contributed by atoms with van der Waals surface area (Å²) >= 11 is 3.41. The molecule has 1 aliphatic rings. The second-order valence-electron chi connectivity index (χ2n) is 6.77. The molecule has 0 unspecified atom stereocenters. The van der Waals surface area contributed by atoms with Crippen molar-refractivity contribution in [3.63, 3.8) is 0 Å². The molecule has 28 heavy (non-hydrogen) atoms. The van der Waals surface area contributed by atoms with E-state index in [1.807, 2.05) is 42.5 Å². The molecule has 7 heteroatoms. The number of pyridine rings is 1. The van der Waals surface area contributed by atoms with Crippen LogP contribution in [0.25, 0.3) is 10.9 Å². The number of aromatic amines is 1. The molecule has 3 aromatic rings. The van der Waals surface area contributed by atoms with Gasteiger partial charge in [-0.15, -0.1) is 0 Å². The minimum Gasteiger partial charge on any atom is -0.382 e. The molecule has 1 saturated heterocycles. The second-order valence-corrected chi connectivity index (χ2v) is 7.63. The van der Waals surface area contributed by atoms with Crippen LogP contribution in [0, 0.1) is 0 Å². The summed E-state index contributed by atoms with van der Waals surface area (Å²) in [5.41, 5.74) is 2.31. The molecule has 0 atom stereocenters. The van der Waals surface area contributed by atoms with Gasteiger partial charge in [-0.3, -0.25) is 9.59 Å². The first-order valence-electron chi connectivity index (χ1n) is 9.17. The number of nitrogens with one attached hydrogen (secondary N) is 3. The van der Waals surface area contributed by atoms with Crippen LogP contribution in [-0.4, -0.2) is 30.1 Å². The van der Waals surface area contributed by atoms with E-state index in [0.29, 0.717) is 28.2 Å². The molecular weight excluding hydrogens is 422 g/mol. The molecule has 0 spiro atoms. The smallest absolute Gasteiger partial charge is 0.256 e. The summed E-state index contributed by atoms with van der Waals surface area (Å²) < 4.78 is 6.11. The molecule has 1 fully saturated rings. The molecule has 0 radical (unpaired) electrons. The number of halogens is 1. The van der Waals surface area contributed by atoms with E-state index in [1.165, 1.54) is 6.07 Å². The summed E-state index contributed by atoms with van der Waals surface area (Å²) in [5.74, 6) is -0.320. The summed E-state index contributed by atoms with van der Waals surface area (Å²) in [6, 6.07) is 14.8. The Morgan fingerprint density at radius 3 is 2.54 bits per heavy atom. The van der Waals surface area contributed by atoms with E-state index in [1.54, 1.807) is 0 Å². The average molecular weight is 442 g/mol. The summed E-state index contributed by atoms with van der Waals surface area (Å²) in [7, 11) is 0. The Hall–Kier alpha value is -2.64. The maximum Gasteiger partial charge on any atom is 0.256 e. The van der Waals surface area contributed by atoms with E-state index in [0.717, 1.165) is 36.2 Å². The highest BCUT2D eigenvalue weighted by atomic mass is 79.9. The SMILES string of the molecule is O=C(Nc1ccc(NC2CCOCC2)cc1)c1cc(=O)[nH]c2c(Br)cccc12. The summed E-state index contributed by atoms with van der Waals surface area (Å²) in [6.45, 7) is 1.57. The third-order valence-electron chi connectivity index (χ3n) is 4.81. The number of hydrogen-bond acceptors (Lipinski definition) is 4. The number of amides is 1. The minimum absolute atomic E-state index is 0.319. The first-order chi connectivity index (χ1) is 13.6. The molecule has 0 aliphatic carbocycles. The van der Waals surface area contributed by atoms with Crippen molar-refractivity contribution in [1.29, 1.82) is 0 Å². The maximum atomic E-state index is 12.8. The number of hydrogen-bond donors (Lipinski definition) is 3. The molecule has 1 amide bonds. The van der Waals surface area contributed by atoms with E-state index < -0.39 is 0 Å². The predicted molar refractivity (Wildman–Crippen MR) is 114 cm³/mol. The van der Waals surface area contributed by atoms with Gasteiger partial charge in [0.05, 0.1) is 11.1 Å². The highest BCUT2D eigenvalue weighted by Gasteiger charge is 2.15. The molecule has 1 aromatic heterocycles. The van der Waals surface area contributed by atoms with Gasteiger partial charge in [-0.1, -0.05) is 12.1 Å². The lowest BCUT2D eigenvalue weighted by Gasteiger charge is -2.24. The van der Waals surface area contributed by atoms with Gasteiger partial charge in [0.2, 0.25) is 5.56 Å². The first-order valence-corrected chi connectivity index (χ1v) is 9.97. The topological polar surface area (TPSA) is 83.2 Å². The van der Waals surface area contributed by atoms with E-state index in [9.17, 15) is 9.59 Å². The molecule has 2 aromatic carbocycles. The summed E-state index contributed by atoms with van der Waals surface area (Å²) in [5, 5.41) is 7.05. The van der Waals surface area contributed by atoms with Gasteiger partial charge in [-0.05, 0) is 59.1 Å². The zero-order valence-electron chi connectivity index (χ0n) is 15.1. The van der Waals surface area contributed by atoms with E-state index in [4.69, 9.17) is 4.74 Å². The van der Waals surface area contributed by atoms with Crippen LogP contribution in [0.15, 0.2) is 57.8 Å². The maximum absolute atomic E-state index is 12.8. The lowest BCUT2D eigenvalue weighted by atomic mass is 10.1. The molecule has 6 nitrogen and oxygen atoms in total. The van der Waals surface area contributed by atoms with Crippen molar-refractivity contribution < 1.29 is 9.53 Å². The fourth-order valence-electron chi connectivity index (χ4n) is 3.36. The fraction of sp³-hybridized carbons (Fsp3) is 0.238. The van der Waals surface area contributed by atoms with Gasteiger partial charge in [0.1, 0.15) is 0 Å². The van der Waals surface area contributed by atoms with Gasteiger partial charge in [-0.25, -0.2) is 0 Å². The number of aromatic nitrogens is 1. The number of para-hydroxylation sites is 1. The standard InChI is InChI=1S/C21H20BrN3O3/c22-18-3-1-2-16-17(12-19(26)25-20(16)18)21(27)24-14-6-4-13(5-7-14)23-15-8-10-28-11-9-15/h1-7,12,15,23H,8-11H2,(H,24,27)(H,25,26). The molecule has 144 valence electrons. The number of ether oxygens (including phenoxy) is 1. The number of carbonyl (C=O) groups is 1. The molecule has 1 aliphatic heterocycles. The van der Waals surface area contributed by atoms with Crippen LogP contribution in [0.5, 0.6) is 0 Å². The minimum atomic E-state index is -0.320. The Balaban J connectivity index is 1.52. The van der Waals surface area contributed by atoms with Gasteiger partial charge < -0.3 is 20.4 Å². The Morgan fingerprint density at radius 2 is 1.79 bits per heavy atom. The van der Waals surface area contributed by atoms with Crippen LogP contribution in [0.2, 0.25) is 0 Å². The zero-order valence-corrected chi connectivity index (χ0v) is 16.7. The second kappa shape index (κ2) is 8.16. The van der Waals surface area contributed by atoms with Gasteiger partial charge in [-0.2, -0.15) is 0 Å². The van der Waals surface area contributed by atoms with Crippen molar-refractivity contribution in [2.45, 2.75) is 18.9 Å². The van der Waals surface area contributed by atoms with Gasteiger partial charge in [0.25, 0.3) is 5.91 Å². The van der Waals surface area contributed by atoms with E-state index >= 15 is 0 Å². The van der Waals surface area contributed by atoms with E-state index in [2.05, 4.69) is 31.5 Å². The quantitative estimate of drug-likeness (QED) is 0.568. The number of anilines is 2. The molecule has 0 saturated carbocycles. The first kappa shape index (κ1) is 18.7. The third-order valence-corrected chi connectivity index (χ3v) is 5.47. The number of fused-ring (bicyclic) bond motifs is 1. The Labute approximate surface area is 170 Å². The Kier molecular flexibility index (Phi) is 5.45. The molecule has 2 heterocycles. The largest absolute Gasteiger partial charge is 0.382 e. The van der Waals surface area contributed by atoms with Gasteiger partial charge in [0.15, 0.2) is 0 Å². The van der Waals surface area contributed by atoms with Crippen LogP contribution < -0.4 is 16.2 Å². The van der Waals surface area contributed by atoms with Crippen LogP contribution in [-0.2, 0) is 4.74 Å². The molecule has 4 rings (SSSR count). The fourth-order valence-corrected chi connectivity index (χ4v) is 3.82. The lowest BCUT2D eigenvalue weighted by molar-refractivity contribution is 0.0904. The monoisotopic (exact) mass is 441 g/mol. The number of H-pyrrole nitrogens is 1. The highest BCUT2D eigenvalue weighted by Crippen LogP contribution is 2.24. The number of carbonyl (C=O) groups excluding carboxylic acids is 1. The highest BCUT2D eigenvalue weighted by molar-refractivity contribution is 9.10. The van der Waals surface area contributed by atoms with Crippen molar-refractivity contribution in [2.24, 2.45) is 0 Å². The van der Waals surface area contributed by atoms with Crippen LogP contribution in [0.3, 0.4) is 0 Å². The Bertz CT molecular complexity index is 1060. The van der Waals surface area contributed by atoms with Crippen LogP contribution >= 0.6 is 15.9 Å². The number of rotatable bonds is 4. The van der Waals surface area contributed by atoms with Crippen molar-refractivity contribution in [2.75, 3.05) is 23.8 Å². The van der Waals surface area contributed by atoms with Crippen LogP contribution in [0.4, 0.5) is 11.4 Å². The van der Waals surface area contributed by atoms with Crippen molar-refractivity contribution in [1.82, 2.24) is 4.98 Å². The zero-order chi connectivity index (χ0) is 19.5. The number of benzene rings is 2. The van der Waals surface area contributed by atoms with Crippen molar-refractivity contribution in [3.8, 4) is 0 Å². The summed E-state index contributed by atoms with van der Waals surface area (Å²) in [4.78, 5) is 27.5. The average Bonchev–Trinajstić information content (AvgIpc) is 2.70. The van der Waals surface area contributed by atoms with Crippen molar-refractivity contribution >= 4 is 44.1 Å². The molecule has 3 N–H and O–H groups in total. The Morgan fingerprint density at radius 1 is 1.07 bits per heavy atom. The third kappa shape index (κ3) is 4.10. The van der Waals surface area contributed by atoms with Gasteiger partial charge >= 0.3 is 0 Å². The molecule has 0 bridgehead atoms. The normalized spacial score (nSPS) is 14.8. The predicted octanol–water partition coefficient (Wildman–Crippen LogP) is 4.13. The summed E-state index contributed by atoms with van der Waals surface area (Å²) in [6.07, 6.45) is 1.98. The van der Waals surface area contributed by atoms with Crippen molar-refractivity contribution in [3.05, 3.63) is 68.9 Å². The molecular formula is C21H20BrN3O3. The lowest BCUT2D eigenvalue weighted by Crippen LogP contribution is -2.27. The van der Waals surface area contributed by atoms with Gasteiger partial charge in [0, 0.05) is 46.6 Å². The van der Waals surface area contributed by atoms with E-state index in [-0.39, 0.29) is 11.5 Å². The van der Waals surface area contributed by atoms with Crippen LogP contribution in [0.1, 0.15) is 23.2 Å².